The van der Waals surface area contributed by atoms with Crippen LogP contribution in [0.1, 0.15) is 218 Å². The standard InChI is InChI=1S/2C45H50N2P2.5C4H8O.4Li/c2*1-5-13-40(14-6-1)48(41-15-7-2-8-16-41,46-44-27-34-21-35(28-44)23-36(22-34)29-44)33-49(42-17-9-3-10-18-42,43-19-11-4-12-20-43)47-45-30-37-24-38(31-45)26-39(25-37)32-45;5*1-2-4-5-3-1;;;;/h2*1-20,34-39H,21-32H2;5*1-4H2;;;;/q2*-2;;;;;;4*+1. The van der Waals surface area contributed by atoms with E-state index in [0.717, 1.165) is 137 Å². The predicted molar refractivity (Wildman–Crippen MR) is 522 cm³/mol. The van der Waals surface area contributed by atoms with Crippen molar-refractivity contribution in [3.63, 3.8) is 0 Å². The Morgan fingerprint density at radius 1 is 0.213 bits per heavy atom. The van der Waals surface area contributed by atoms with Crippen LogP contribution >= 0.6 is 28.2 Å². The molecule has 16 aliphatic carbocycles. The van der Waals surface area contributed by atoms with Crippen molar-refractivity contribution in [1.29, 1.82) is 0 Å². The number of hydrogen-bond acceptors (Lipinski definition) is 7. The Hall–Kier alpha value is -3.07. The molecule has 127 heavy (non-hydrogen) atoms. The SMILES string of the molecule is C1CCOC1.C1CCOC1.C1CCOC1.C1CCOC1.C1CCOC1.[C-](=P([N-]C12CC3CC(CC(C3)C1)C2)(c1ccccc1)c1ccccc1)P(=NC12CC3CC(CC(C3)C1)C2)(c1ccccc1)c1ccccc1.[C-](=P([N-]C12CC3CC(CC(C3)C1)C2)(c1ccccc1)c1ccccc1)P(=NC12CC3CC(CC(C3)C1)C2)(c1ccccc1)c1ccccc1.[Li+].[Li+].[Li+].[Li+]. The van der Waals surface area contributed by atoms with E-state index in [0.29, 0.717) is 0 Å². The van der Waals surface area contributed by atoms with E-state index in [1.165, 1.54) is 261 Å². The van der Waals surface area contributed by atoms with E-state index in [9.17, 15) is 0 Å². The second-order valence-electron chi connectivity index (χ2n) is 41.0. The van der Waals surface area contributed by atoms with Crippen molar-refractivity contribution < 1.29 is 99.1 Å². The maximum atomic E-state index is 6.54. The number of rotatable bonds is 16. The quantitative estimate of drug-likeness (QED) is 0.0545. The minimum atomic E-state index is -2.58. The number of nitrogens with zero attached hydrogens (tertiary/aromatic N) is 4. The molecule has 0 radical (unpaired) electrons. The molecule has 8 aromatic carbocycles. The fourth-order valence-electron chi connectivity index (χ4n) is 27.8. The third-order valence-corrected chi connectivity index (χ3v) is 47.1. The van der Waals surface area contributed by atoms with Gasteiger partial charge in [-0.15, -0.1) is 25.2 Å². The first-order valence-corrected chi connectivity index (χ1v) is 56.0. The zero-order valence-electron chi connectivity index (χ0n) is 77.8. The van der Waals surface area contributed by atoms with E-state index in [-0.39, 0.29) is 97.6 Å². The fourth-order valence-corrected chi connectivity index (χ4v) is 46.0. The molecule has 0 spiro atoms. The normalized spacial score (nSPS) is 31.1. The molecule has 16 saturated carbocycles. The summed E-state index contributed by atoms with van der Waals surface area (Å²) in [5.41, 5.74) is 9.70. The molecule has 21 aliphatic rings. The molecule has 5 heterocycles. The Morgan fingerprint density at radius 3 is 0.512 bits per heavy atom. The third-order valence-electron chi connectivity index (χ3n) is 31.2. The molecule has 0 unspecified atom stereocenters. The van der Waals surface area contributed by atoms with E-state index in [1.807, 2.05) is 0 Å². The number of ether oxygens (including phenoxy) is 5. The van der Waals surface area contributed by atoms with E-state index in [1.54, 1.807) is 0 Å². The molecule has 29 rings (SSSR count). The monoisotopic (exact) mass is 1750 g/mol. The van der Waals surface area contributed by atoms with Gasteiger partial charge >= 0.3 is 75.4 Å². The summed E-state index contributed by atoms with van der Waals surface area (Å²) in [7, 11) is -10.3. The van der Waals surface area contributed by atoms with Crippen molar-refractivity contribution >= 4 is 81.7 Å². The van der Waals surface area contributed by atoms with Gasteiger partial charge in [-0.05, 0) is 272 Å². The molecule has 9 nitrogen and oxygen atoms in total. The summed E-state index contributed by atoms with van der Waals surface area (Å²) in [5.74, 6) is 10.0. The van der Waals surface area contributed by atoms with Crippen LogP contribution in [0.25, 0.3) is 10.2 Å². The summed E-state index contributed by atoms with van der Waals surface area (Å²) in [5, 5.41) is 23.9. The van der Waals surface area contributed by atoms with Crippen LogP contribution in [0.2, 0.25) is 0 Å². The van der Waals surface area contributed by atoms with Crippen molar-refractivity contribution in [2.75, 3.05) is 66.1 Å². The zero-order chi connectivity index (χ0) is 82.7. The van der Waals surface area contributed by atoms with Crippen LogP contribution in [0, 0.1) is 71.0 Å². The molecule has 5 saturated heterocycles. The molecule has 0 aromatic heterocycles. The zero-order valence-corrected chi connectivity index (χ0v) is 81.3. The Balaban J connectivity index is 0.000000149. The first kappa shape index (κ1) is 98.4. The predicted octanol–water partition coefficient (Wildman–Crippen LogP) is 12.7. The fraction of sp³-hybridized carbons (Fsp3) is 0.545. The molecule has 654 valence electrons. The smallest absolute Gasteiger partial charge is 0.650 e. The van der Waals surface area contributed by atoms with Gasteiger partial charge in [0.1, 0.15) is 0 Å². The van der Waals surface area contributed by atoms with Crippen LogP contribution in [0.3, 0.4) is 0 Å². The van der Waals surface area contributed by atoms with Crippen LogP contribution < -0.4 is 118 Å². The van der Waals surface area contributed by atoms with Crippen LogP contribution in [-0.2, 0) is 23.7 Å². The largest absolute Gasteiger partial charge is 1.00 e. The van der Waals surface area contributed by atoms with Gasteiger partial charge in [0.25, 0.3) is 0 Å². The minimum absolute atomic E-state index is 0. The average Bonchev–Trinajstić information content (AvgIpc) is 1.13. The van der Waals surface area contributed by atoms with Gasteiger partial charge in [0, 0.05) is 66.1 Å². The van der Waals surface area contributed by atoms with Crippen LogP contribution in [-0.4, -0.2) is 99.3 Å². The molecule has 21 fully saturated rings. The summed E-state index contributed by atoms with van der Waals surface area (Å²) in [6.07, 6.45) is 45.0. The number of hydrogen-bond donors (Lipinski definition) is 0. The van der Waals surface area contributed by atoms with E-state index in [4.69, 9.17) is 54.4 Å². The molecule has 5 aliphatic heterocycles. The molecule has 17 heteroatoms. The van der Waals surface area contributed by atoms with Crippen molar-refractivity contribution in [2.45, 2.75) is 240 Å². The summed E-state index contributed by atoms with van der Waals surface area (Å²) < 4.78 is 37.8. The van der Waals surface area contributed by atoms with Crippen molar-refractivity contribution in [3.8, 4) is 0 Å². The van der Waals surface area contributed by atoms with E-state index >= 15 is 0 Å². The van der Waals surface area contributed by atoms with Crippen molar-refractivity contribution in [3.05, 3.63) is 253 Å². The number of benzene rings is 8. The van der Waals surface area contributed by atoms with Crippen LogP contribution in [0.15, 0.2) is 252 Å². The minimum Gasteiger partial charge on any atom is -0.650 e. The second kappa shape index (κ2) is 45.7. The van der Waals surface area contributed by atoms with Gasteiger partial charge in [-0.25, -0.2) is 0 Å². The van der Waals surface area contributed by atoms with Crippen molar-refractivity contribution in [1.82, 2.24) is 0 Å². The first-order valence-electron chi connectivity index (χ1n) is 49.0. The second-order valence-corrected chi connectivity index (χ2v) is 52.6. The molecule has 8 aromatic rings. The molecule has 0 N–H and O–H groups in total. The van der Waals surface area contributed by atoms with Gasteiger partial charge in [0.05, 0.1) is 11.1 Å². The molecule has 0 amide bonds. The maximum absolute atomic E-state index is 6.54. The van der Waals surface area contributed by atoms with Gasteiger partial charge in [0.15, 0.2) is 0 Å². The third kappa shape index (κ3) is 23.3. The van der Waals surface area contributed by atoms with Crippen molar-refractivity contribution in [2.24, 2.45) is 80.5 Å². The Kier molecular flexibility index (Phi) is 35.4. The van der Waals surface area contributed by atoms with Crippen LogP contribution in [0.5, 0.6) is 0 Å². The molecular formula is C110H140Li4N4O5P4. The Morgan fingerprint density at radius 2 is 0.362 bits per heavy atom. The summed E-state index contributed by atoms with van der Waals surface area (Å²) in [4.78, 5) is 0. The molecule has 16 bridgehead atoms. The van der Waals surface area contributed by atoms with Crippen LogP contribution in [0.4, 0.5) is 0 Å². The van der Waals surface area contributed by atoms with Gasteiger partial charge < -0.3 is 68.5 Å². The topological polar surface area (TPSA) is 99.1 Å². The molecule has 0 atom stereocenters. The van der Waals surface area contributed by atoms with Gasteiger partial charge in [-0.3, -0.25) is 0 Å². The Bertz CT molecular complexity index is 4230. The average molecular weight is 1750 g/mol. The van der Waals surface area contributed by atoms with Gasteiger partial charge in [0.2, 0.25) is 0 Å². The Labute approximate surface area is 813 Å². The van der Waals surface area contributed by atoms with E-state index in [2.05, 4.69) is 243 Å². The maximum Gasteiger partial charge on any atom is 1.00 e. The van der Waals surface area contributed by atoms with Gasteiger partial charge in [-0.1, -0.05) is 302 Å². The van der Waals surface area contributed by atoms with E-state index < -0.39 is 28.2 Å². The molecular weight excluding hydrogens is 1610 g/mol. The summed E-state index contributed by atoms with van der Waals surface area (Å²) in [6.45, 7) is 10.0. The first-order chi connectivity index (χ1) is 60.5. The summed E-state index contributed by atoms with van der Waals surface area (Å²) in [6, 6.07) is 91.9. The summed E-state index contributed by atoms with van der Waals surface area (Å²) >= 11 is 0. The van der Waals surface area contributed by atoms with Gasteiger partial charge in [-0.2, -0.15) is 0 Å².